The van der Waals surface area contributed by atoms with Gasteiger partial charge in [0.25, 0.3) is 0 Å². The van der Waals surface area contributed by atoms with Crippen LogP contribution in [-0.2, 0) is 16.6 Å². The molecule has 1 aromatic carbocycles. The summed E-state index contributed by atoms with van der Waals surface area (Å²) in [5, 5.41) is 3.02. The van der Waals surface area contributed by atoms with Gasteiger partial charge in [-0.15, -0.1) is 0 Å². The highest BCUT2D eigenvalue weighted by atomic mass is 16.1. The molecule has 1 amide bonds. The second-order valence-corrected chi connectivity index (χ2v) is 6.35. The quantitative estimate of drug-likeness (QED) is 0.786. The van der Waals surface area contributed by atoms with Crippen LogP contribution in [-0.4, -0.2) is 5.91 Å². The third-order valence-electron chi connectivity index (χ3n) is 3.71. The lowest BCUT2D eigenvalue weighted by molar-refractivity contribution is -0.115. The fourth-order valence-electron chi connectivity index (χ4n) is 2.61. The van der Waals surface area contributed by atoms with E-state index in [2.05, 4.69) is 38.2 Å². The normalized spacial score (nSPS) is 19.1. The zero-order valence-electron chi connectivity index (χ0n) is 10.8. The fourth-order valence-corrected chi connectivity index (χ4v) is 2.61. The highest BCUT2D eigenvalue weighted by Crippen LogP contribution is 2.45. The predicted octanol–water partition coefficient (Wildman–Crippen LogP) is 3.36. The van der Waals surface area contributed by atoms with Crippen molar-refractivity contribution in [2.75, 3.05) is 5.32 Å². The van der Waals surface area contributed by atoms with Gasteiger partial charge in [-0.25, -0.2) is 0 Å². The first-order valence-corrected chi connectivity index (χ1v) is 6.42. The van der Waals surface area contributed by atoms with Crippen molar-refractivity contribution in [2.24, 2.45) is 0 Å². The van der Waals surface area contributed by atoms with Crippen LogP contribution in [0.15, 0.2) is 12.1 Å². The van der Waals surface area contributed by atoms with Gasteiger partial charge >= 0.3 is 0 Å². The molecule has 0 aromatic heterocycles. The SMILES string of the molecule is CC(C)(C)c1cc(C2CC2)cc2c1NC(=O)C2. The van der Waals surface area contributed by atoms with E-state index >= 15 is 0 Å². The van der Waals surface area contributed by atoms with Gasteiger partial charge in [-0.1, -0.05) is 32.9 Å². The highest BCUT2D eigenvalue weighted by Gasteiger charge is 2.31. The summed E-state index contributed by atoms with van der Waals surface area (Å²) in [6.07, 6.45) is 3.17. The number of anilines is 1. The van der Waals surface area contributed by atoms with Crippen molar-refractivity contribution in [3.63, 3.8) is 0 Å². The van der Waals surface area contributed by atoms with Gasteiger partial charge in [0.15, 0.2) is 0 Å². The number of carbonyl (C=O) groups is 1. The Balaban J connectivity index is 2.15. The van der Waals surface area contributed by atoms with Gasteiger partial charge in [0, 0.05) is 5.69 Å². The van der Waals surface area contributed by atoms with Crippen molar-refractivity contribution in [1.82, 2.24) is 0 Å². The van der Waals surface area contributed by atoms with Crippen molar-refractivity contribution in [3.05, 3.63) is 28.8 Å². The summed E-state index contributed by atoms with van der Waals surface area (Å²) in [6, 6.07) is 4.54. The van der Waals surface area contributed by atoms with E-state index in [-0.39, 0.29) is 11.3 Å². The molecule has 3 rings (SSSR count). The van der Waals surface area contributed by atoms with E-state index < -0.39 is 0 Å². The molecule has 90 valence electrons. The molecule has 0 bridgehead atoms. The minimum absolute atomic E-state index is 0.0899. The topological polar surface area (TPSA) is 29.1 Å². The van der Waals surface area contributed by atoms with Crippen LogP contribution in [0.4, 0.5) is 5.69 Å². The van der Waals surface area contributed by atoms with Gasteiger partial charge in [0.1, 0.15) is 0 Å². The molecule has 1 saturated carbocycles. The molecule has 2 nitrogen and oxygen atoms in total. The largest absolute Gasteiger partial charge is 0.325 e. The Hall–Kier alpha value is -1.31. The van der Waals surface area contributed by atoms with E-state index in [1.807, 2.05) is 0 Å². The molecule has 1 aliphatic carbocycles. The molecule has 0 unspecified atom stereocenters. The van der Waals surface area contributed by atoms with E-state index in [0.717, 1.165) is 11.6 Å². The molecule has 1 aromatic rings. The van der Waals surface area contributed by atoms with Crippen molar-refractivity contribution in [1.29, 1.82) is 0 Å². The number of benzene rings is 1. The predicted molar refractivity (Wildman–Crippen MR) is 69.5 cm³/mol. The molecule has 0 atom stereocenters. The standard InChI is InChI=1S/C15H19NO/c1-15(2,3)12-7-10(9-4-5-9)6-11-8-13(17)16-14(11)12/h6-7,9H,4-5,8H2,1-3H3,(H,16,17). The zero-order chi connectivity index (χ0) is 12.2. The van der Waals surface area contributed by atoms with E-state index in [1.54, 1.807) is 0 Å². The van der Waals surface area contributed by atoms with E-state index in [4.69, 9.17) is 0 Å². The Morgan fingerprint density at radius 3 is 2.53 bits per heavy atom. The van der Waals surface area contributed by atoms with Crippen molar-refractivity contribution in [2.45, 2.75) is 51.4 Å². The summed E-state index contributed by atoms with van der Waals surface area (Å²) in [6.45, 7) is 6.64. The Kier molecular flexibility index (Phi) is 2.13. The number of hydrogen-bond acceptors (Lipinski definition) is 1. The van der Waals surface area contributed by atoms with Crippen molar-refractivity contribution in [3.8, 4) is 0 Å². The molecule has 2 aliphatic rings. The summed E-state index contributed by atoms with van der Waals surface area (Å²) >= 11 is 0. The number of carbonyl (C=O) groups excluding carboxylic acids is 1. The van der Waals surface area contributed by atoms with E-state index in [1.165, 1.54) is 29.5 Å². The van der Waals surface area contributed by atoms with Crippen LogP contribution in [0.2, 0.25) is 0 Å². The number of nitrogens with one attached hydrogen (secondary N) is 1. The Bertz CT molecular complexity index is 492. The molecule has 17 heavy (non-hydrogen) atoms. The average Bonchev–Trinajstić information content (AvgIpc) is 2.97. The molecule has 0 radical (unpaired) electrons. The Labute approximate surface area is 102 Å². The van der Waals surface area contributed by atoms with Crippen LogP contribution in [0.25, 0.3) is 0 Å². The second kappa shape index (κ2) is 3.34. The molecule has 1 aliphatic heterocycles. The maximum absolute atomic E-state index is 11.6. The van der Waals surface area contributed by atoms with Crippen LogP contribution < -0.4 is 5.32 Å². The van der Waals surface area contributed by atoms with Gasteiger partial charge in [-0.2, -0.15) is 0 Å². The van der Waals surface area contributed by atoms with Crippen LogP contribution in [0.1, 0.15) is 56.2 Å². The van der Waals surface area contributed by atoms with Crippen LogP contribution in [0.3, 0.4) is 0 Å². The summed E-state index contributed by atoms with van der Waals surface area (Å²) < 4.78 is 0. The fraction of sp³-hybridized carbons (Fsp3) is 0.533. The third kappa shape index (κ3) is 1.86. The molecule has 2 heteroatoms. The smallest absolute Gasteiger partial charge is 0.228 e. The summed E-state index contributed by atoms with van der Waals surface area (Å²) in [4.78, 5) is 11.6. The van der Waals surface area contributed by atoms with Crippen LogP contribution in [0, 0.1) is 0 Å². The lowest BCUT2D eigenvalue weighted by Gasteiger charge is -2.23. The van der Waals surface area contributed by atoms with Crippen LogP contribution in [0.5, 0.6) is 0 Å². The Morgan fingerprint density at radius 2 is 1.94 bits per heavy atom. The monoisotopic (exact) mass is 229 g/mol. The van der Waals surface area contributed by atoms with Crippen LogP contribution >= 0.6 is 0 Å². The minimum Gasteiger partial charge on any atom is -0.325 e. The van der Waals surface area contributed by atoms with Gasteiger partial charge < -0.3 is 5.32 Å². The van der Waals surface area contributed by atoms with Crippen molar-refractivity contribution < 1.29 is 4.79 Å². The molecule has 1 fully saturated rings. The van der Waals surface area contributed by atoms with Gasteiger partial charge in [-0.3, -0.25) is 4.79 Å². The lowest BCUT2D eigenvalue weighted by Crippen LogP contribution is -2.15. The van der Waals surface area contributed by atoms with Gasteiger partial charge in [0.05, 0.1) is 6.42 Å². The minimum atomic E-state index is 0.0899. The first-order valence-electron chi connectivity index (χ1n) is 6.42. The maximum Gasteiger partial charge on any atom is 0.228 e. The van der Waals surface area contributed by atoms with E-state index in [0.29, 0.717) is 6.42 Å². The average molecular weight is 229 g/mol. The highest BCUT2D eigenvalue weighted by molar-refractivity contribution is 6.00. The molecular formula is C15H19NO. The number of fused-ring (bicyclic) bond motifs is 1. The second-order valence-electron chi connectivity index (χ2n) is 6.35. The summed E-state index contributed by atoms with van der Waals surface area (Å²) in [7, 11) is 0. The molecule has 0 saturated heterocycles. The number of amides is 1. The summed E-state index contributed by atoms with van der Waals surface area (Å²) in [5.41, 5.74) is 5.09. The lowest BCUT2D eigenvalue weighted by atomic mass is 9.83. The summed E-state index contributed by atoms with van der Waals surface area (Å²) in [5.74, 6) is 0.885. The molecule has 1 heterocycles. The Morgan fingerprint density at radius 1 is 1.24 bits per heavy atom. The number of hydrogen-bond donors (Lipinski definition) is 1. The molecular weight excluding hydrogens is 210 g/mol. The molecule has 0 spiro atoms. The van der Waals surface area contributed by atoms with Gasteiger partial charge in [-0.05, 0) is 40.9 Å². The first-order chi connectivity index (χ1) is 7.95. The maximum atomic E-state index is 11.6. The molecule has 1 N–H and O–H groups in total. The number of rotatable bonds is 1. The van der Waals surface area contributed by atoms with Gasteiger partial charge in [0.2, 0.25) is 5.91 Å². The van der Waals surface area contributed by atoms with Crippen molar-refractivity contribution >= 4 is 11.6 Å². The zero-order valence-corrected chi connectivity index (χ0v) is 10.8. The third-order valence-corrected chi connectivity index (χ3v) is 3.71. The first kappa shape index (κ1) is 10.8. The van der Waals surface area contributed by atoms with E-state index in [9.17, 15) is 4.79 Å².